The Kier molecular flexibility index (Phi) is 6.03. The number of H-pyrrole nitrogens is 1. The number of fused-ring (bicyclic) bond motifs is 1. The van der Waals surface area contributed by atoms with Crippen molar-refractivity contribution >= 4 is 35.8 Å². The van der Waals surface area contributed by atoms with Crippen LogP contribution in [0.5, 0.6) is 5.75 Å². The first-order chi connectivity index (χ1) is 9.31. The Morgan fingerprint density at radius 1 is 1.14 bits per heavy atom. The van der Waals surface area contributed by atoms with Crippen LogP contribution in [0.1, 0.15) is 5.82 Å². The molecule has 0 bridgehead atoms. The van der Waals surface area contributed by atoms with Gasteiger partial charge in [0, 0.05) is 5.56 Å². The third kappa shape index (κ3) is 3.29. The number of hydrogen-bond donors (Lipinski definition) is 2. The molecule has 0 saturated carbocycles. The monoisotopic (exact) mass is 325 g/mol. The van der Waals surface area contributed by atoms with Crippen LogP contribution < -0.4 is 10.5 Å². The zero-order valence-corrected chi connectivity index (χ0v) is 13.1. The fourth-order valence-electron chi connectivity index (χ4n) is 2.20. The summed E-state index contributed by atoms with van der Waals surface area (Å²) >= 11 is 0. The number of para-hydroxylation sites is 1. The first-order valence-corrected chi connectivity index (χ1v) is 6.14. The van der Waals surface area contributed by atoms with Gasteiger partial charge in [-0.05, 0) is 23.8 Å². The molecule has 1 heterocycles. The van der Waals surface area contributed by atoms with Crippen LogP contribution in [0.3, 0.4) is 0 Å². The van der Waals surface area contributed by atoms with E-state index in [1.165, 1.54) is 0 Å². The number of rotatable bonds is 3. The van der Waals surface area contributed by atoms with Gasteiger partial charge < -0.3 is 15.5 Å². The van der Waals surface area contributed by atoms with E-state index in [0.29, 0.717) is 6.54 Å². The highest BCUT2D eigenvalue weighted by Gasteiger charge is 2.08. The third-order valence-corrected chi connectivity index (χ3v) is 3.14. The molecule has 21 heavy (non-hydrogen) atoms. The molecule has 0 radical (unpaired) electrons. The zero-order valence-electron chi connectivity index (χ0n) is 11.5. The van der Waals surface area contributed by atoms with Crippen LogP contribution in [0.25, 0.3) is 22.2 Å². The van der Waals surface area contributed by atoms with E-state index < -0.39 is 0 Å². The molecular weight excluding hydrogens is 309 g/mol. The van der Waals surface area contributed by atoms with Gasteiger partial charge in [0.25, 0.3) is 0 Å². The van der Waals surface area contributed by atoms with E-state index in [9.17, 15) is 0 Å². The Hall–Kier alpha value is -1.75. The van der Waals surface area contributed by atoms with Crippen LogP contribution >= 0.6 is 24.8 Å². The summed E-state index contributed by atoms with van der Waals surface area (Å²) in [5.41, 5.74) is 9.74. The summed E-state index contributed by atoms with van der Waals surface area (Å²) in [6.07, 6.45) is 0. The molecule has 6 heteroatoms. The zero-order chi connectivity index (χ0) is 13.2. The molecule has 4 nitrogen and oxygen atoms in total. The summed E-state index contributed by atoms with van der Waals surface area (Å²) in [6.45, 7) is 0.409. The van der Waals surface area contributed by atoms with E-state index >= 15 is 0 Å². The standard InChI is InChI=1S/C15H15N3O.2ClH/c1-19-11-5-2-4-10(8-11)12-6-3-7-13-15(12)18-14(9-16)17-13;;/h2-8H,9,16H2,1H3,(H,17,18);2*1H. The van der Waals surface area contributed by atoms with Crippen LogP contribution in [0.4, 0.5) is 0 Å². The number of nitrogens with one attached hydrogen (secondary N) is 1. The highest BCUT2D eigenvalue weighted by Crippen LogP contribution is 2.29. The van der Waals surface area contributed by atoms with Crippen molar-refractivity contribution in [2.45, 2.75) is 6.54 Å². The first kappa shape index (κ1) is 17.3. The molecule has 2 aromatic carbocycles. The Balaban J connectivity index is 0.00000110. The molecule has 1 aromatic heterocycles. The maximum absolute atomic E-state index is 5.63. The van der Waals surface area contributed by atoms with E-state index in [-0.39, 0.29) is 24.8 Å². The van der Waals surface area contributed by atoms with Gasteiger partial charge in [0.1, 0.15) is 11.6 Å². The number of imidazole rings is 1. The molecule has 0 spiro atoms. The van der Waals surface area contributed by atoms with Crippen LogP contribution in [0, 0.1) is 0 Å². The van der Waals surface area contributed by atoms with Gasteiger partial charge in [-0.1, -0.05) is 24.3 Å². The average Bonchev–Trinajstić information content (AvgIpc) is 2.90. The lowest BCUT2D eigenvalue weighted by Gasteiger charge is -2.05. The maximum Gasteiger partial charge on any atom is 0.121 e. The highest BCUT2D eigenvalue weighted by atomic mass is 35.5. The molecule has 0 saturated heterocycles. The van der Waals surface area contributed by atoms with Gasteiger partial charge in [0.05, 0.1) is 24.7 Å². The quantitative estimate of drug-likeness (QED) is 0.774. The molecule has 0 aliphatic heterocycles. The lowest BCUT2D eigenvalue weighted by Crippen LogP contribution is -1.97. The van der Waals surface area contributed by atoms with E-state index in [2.05, 4.69) is 16.0 Å². The van der Waals surface area contributed by atoms with Gasteiger partial charge in [-0.25, -0.2) is 4.98 Å². The van der Waals surface area contributed by atoms with E-state index in [4.69, 9.17) is 10.5 Å². The molecule has 3 rings (SSSR count). The maximum atomic E-state index is 5.63. The SMILES string of the molecule is COc1cccc(-c2cccc3[nH]c(CN)nc23)c1.Cl.Cl. The highest BCUT2D eigenvalue weighted by molar-refractivity contribution is 5.92. The summed E-state index contributed by atoms with van der Waals surface area (Å²) in [7, 11) is 1.67. The van der Waals surface area contributed by atoms with Crippen molar-refractivity contribution in [3.63, 3.8) is 0 Å². The Bertz CT molecular complexity index is 728. The number of aromatic amines is 1. The largest absolute Gasteiger partial charge is 0.497 e. The smallest absolute Gasteiger partial charge is 0.121 e. The lowest BCUT2D eigenvalue weighted by molar-refractivity contribution is 0.415. The van der Waals surface area contributed by atoms with Gasteiger partial charge in [0.15, 0.2) is 0 Å². The predicted octanol–water partition coefficient (Wildman–Crippen LogP) is 3.54. The van der Waals surface area contributed by atoms with Gasteiger partial charge in [-0.2, -0.15) is 0 Å². The normalized spacial score (nSPS) is 9.81. The van der Waals surface area contributed by atoms with Crippen molar-refractivity contribution in [1.29, 1.82) is 0 Å². The summed E-state index contributed by atoms with van der Waals surface area (Å²) in [5, 5.41) is 0. The predicted molar refractivity (Wildman–Crippen MR) is 90.5 cm³/mol. The first-order valence-electron chi connectivity index (χ1n) is 6.14. The van der Waals surface area contributed by atoms with Crippen molar-refractivity contribution in [3.8, 4) is 16.9 Å². The van der Waals surface area contributed by atoms with Crippen LogP contribution in [0.2, 0.25) is 0 Å². The summed E-state index contributed by atoms with van der Waals surface area (Å²) in [4.78, 5) is 7.76. The fraction of sp³-hybridized carbons (Fsp3) is 0.133. The van der Waals surface area contributed by atoms with Crippen molar-refractivity contribution < 1.29 is 4.74 Å². The van der Waals surface area contributed by atoms with Crippen LogP contribution in [-0.2, 0) is 6.54 Å². The average molecular weight is 326 g/mol. The second-order valence-electron chi connectivity index (χ2n) is 4.32. The minimum absolute atomic E-state index is 0. The summed E-state index contributed by atoms with van der Waals surface area (Å²) in [5.74, 6) is 1.63. The summed E-state index contributed by atoms with van der Waals surface area (Å²) in [6, 6.07) is 14.0. The Morgan fingerprint density at radius 2 is 1.90 bits per heavy atom. The van der Waals surface area contributed by atoms with E-state index in [1.54, 1.807) is 7.11 Å². The van der Waals surface area contributed by atoms with E-state index in [0.717, 1.165) is 33.7 Å². The van der Waals surface area contributed by atoms with Crippen LogP contribution in [-0.4, -0.2) is 17.1 Å². The molecule has 3 aromatic rings. The molecular formula is C15H17Cl2N3O. The van der Waals surface area contributed by atoms with Gasteiger partial charge >= 0.3 is 0 Å². The molecule has 0 fully saturated rings. The number of ether oxygens (including phenoxy) is 1. The number of hydrogen-bond acceptors (Lipinski definition) is 3. The van der Waals surface area contributed by atoms with Gasteiger partial charge in [-0.15, -0.1) is 24.8 Å². The number of nitrogens with two attached hydrogens (primary N) is 1. The number of nitrogens with zero attached hydrogens (tertiary/aromatic N) is 1. The summed E-state index contributed by atoms with van der Waals surface area (Å²) < 4.78 is 5.27. The number of halogens is 2. The van der Waals surface area contributed by atoms with Crippen molar-refractivity contribution in [2.75, 3.05) is 7.11 Å². The second-order valence-corrected chi connectivity index (χ2v) is 4.32. The van der Waals surface area contributed by atoms with E-state index in [1.807, 2.05) is 36.4 Å². The fourth-order valence-corrected chi connectivity index (χ4v) is 2.20. The molecule has 3 N–H and O–H groups in total. The molecule has 0 atom stereocenters. The number of methoxy groups -OCH3 is 1. The minimum Gasteiger partial charge on any atom is -0.497 e. The second kappa shape index (κ2) is 7.31. The van der Waals surface area contributed by atoms with Gasteiger partial charge in [-0.3, -0.25) is 0 Å². The molecule has 0 amide bonds. The van der Waals surface area contributed by atoms with Crippen LogP contribution in [0.15, 0.2) is 42.5 Å². The molecule has 0 aliphatic carbocycles. The van der Waals surface area contributed by atoms with Gasteiger partial charge in [0.2, 0.25) is 0 Å². The third-order valence-electron chi connectivity index (χ3n) is 3.14. The van der Waals surface area contributed by atoms with Crippen molar-refractivity contribution in [1.82, 2.24) is 9.97 Å². The number of benzene rings is 2. The van der Waals surface area contributed by atoms with Crippen molar-refractivity contribution in [3.05, 3.63) is 48.3 Å². The Labute approximate surface area is 135 Å². The minimum atomic E-state index is 0. The lowest BCUT2D eigenvalue weighted by atomic mass is 10.0. The van der Waals surface area contributed by atoms with Crippen molar-refractivity contribution in [2.24, 2.45) is 5.73 Å². The molecule has 112 valence electrons. The topological polar surface area (TPSA) is 63.9 Å². The molecule has 0 aliphatic rings. The molecule has 0 unspecified atom stereocenters. The Morgan fingerprint density at radius 3 is 2.62 bits per heavy atom. The number of aromatic nitrogens is 2.